The number of carbonyl (C=O) groups excluding carboxylic acids is 1. The first kappa shape index (κ1) is 23.1. The van der Waals surface area contributed by atoms with Crippen LogP contribution in [0.15, 0.2) is 48.5 Å². The molecule has 138 valence electrons. The number of alkyl halides is 5. The van der Waals surface area contributed by atoms with Gasteiger partial charge < -0.3 is 11.1 Å². The number of nitrogens with two attached hydrogens (primary N) is 1. The Morgan fingerprint density at radius 3 is 1.80 bits per heavy atom. The topological polar surface area (TPSA) is 55.1 Å². The van der Waals surface area contributed by atoms with Crippen LogP contribution >= 0.6 is 23.2 Å². The van der Waals surface area contributed by atoms with Crippen LogP contribution in [-0.4, -0.2) is 17.4 Å². The lowest BCUT2D eigenvalue weighted by atomic mass is 10.2. The zero-order chi connectivity index (χ0) is 19.5. The summed E-state index contributed by atoms with van der Waals surface area (Å²) in [6.45, 7) is 3.61. The summed E-state index contributed by atoms with van der Waals surface area (Å²) in [6.07, 6.45) is -4.84. The number of para-hydroxylation sites is 2. The number of halogens is 5. The molecule has 0 saturated carbocycles. The molecule has 0 aliphatic heterocycles. The van der Waals surface area contributed by atoms with Gasteiger partial charge in [-0.15, -0.1) is 23.2 Å². The van der Waals surface area contributed by atoms with Gasteiger partial charge >= 0.3 is 12.1 Å². The first-order chi connectivity index (χ1) is 11.6. The zero-order valence-electron chi connectivity index (χ0n) is 13.7. The van der Waals surface area contributed by atoms with Crippen LogP contribution in [0.4, 0.5) is 24.5 Å². The van der Waals surface area contributed by atoms with Crippen molar-refractivity contribution < 1.29 is 18.0 Å². The van der Waals surface area contributed by atoms with Crippen molar-refractivity contribution in [2.75, 3.05) is 16.4 Å². The summed E-state index contributed by atoms with van der Waals surface area (Å²) in [4.78, 5) is 10.6. The van der Waals surface area contributed by atoms with Gasteiger partial charge in [0.05, 0.1) is 5.34 Å². The molecule has 0 aliphatic rings. The number of rotatable bonds is 1. The number of hydrogen-bond donors (Lipinski definition) is 2. The van der Waals surface area contributed by atoms with Gasteiger partial charge in [0.15, 0.2) is 0 Å². The fourth-order valence-electron chi connectivity index (χ4n) is 1.49. The molecule has 1 amide bonds. The fraction of sp³-hybridized carbons (Fsp3) is 0.235. The van der Waals surface area contributed by atoms with Gasteiger partial charge in [0.1, 0.15) is 0 Å². The van der Waals surface area contributed by atoms with E-state index >= 15 is 0 Å². The average Bonchev–Trinajstić information content (AvgIpc) is 2.53. The third-order valence-electron chi connectivity index (χ3n) is 2.84. The fourth-order valence-corrected chi connectivity index (χ4v) is 1.49. The van der Waals surface area contributed by atoms with Crippen molar-refractivity contribution in [3.63, 3.8) is 0 Å². The van der Waals surface area contributed by atoms with E-state index in [9.17, 15) is 18.0 Å². The zero-order valence-corrected chi connectivity index (χ0v) is 15.2. The molecule has 2 rings (SSSR count). The van der Waals surface area contributed by atoms with E-state index in [4.69, 9.17) is 28.9 Å². The second-order valence-corrected chi connectivity index (χ2v) is 5.53. The Labute approximate surface area is 154 Å². The summed E-state index contributed by atoms with van der Waals surface area (Å²) in [7, 11) is 0. The highest BCUT2D eigenvalue weighted by molar-refractivity contribution is 6.40. The van der Waals surface area contributed by atoms with Gasteiger partial charge in [0.25, 0.3) is 0 Å². The first-order valence-electron chi connectivity index (χ1n) is 7.00. The van der Waals surface area contributed by atoms with Crippen LogP contribution < -0.4 is 11.1 Å². The monoisotopic (exact) mass is 394 g/mol. The molecule has 0 bridgehead atoms. The van der Waals surface area contributed by atoms with E-state index in [0.29, 0.717) is 5.56 Å². The van der Waals surface area contributed by atoms with Crippen LogP contribution in [-0.2, 0) is 4.79 Å². The normalized spacial score (nSPS) is 9.88. The molecule has 0 heterocycles. The van der Waals surface area contributed by atoms with Gasteiger partial charge in [-0.2, -0.15) is 13.2 Å². The Bertz CT molecular complexity index is 643. The molecule has 3 N–H and O–H groups in total. The van der Waals surface area contributed by atoms with Crippen molar-refractivity contribution in [2.24, 2.45) is 0 Å². The number of hydrogen-bond acceptors (Lipinski definition) is 2. The van der Waals surface area contributed by atoms with Crippen molar-refractivity contribution >= 4 is 40.5 Å². The smallest absolute Gasteiger partial charge is 0.399 e. The summed E-state index contributed by atoms with van der Waals surface area (Å²) >= 11 is 9.53. The van der Waals surface area contributed by atoms with Crippen LogP contribution in [0.1, 0.15) is 11.1 Å². The molecular formula is C17H19Cl2F3N2O. The number of carbonyl (C=O) groups is 1. The molecule has 0 spiro atoms. The maximum absolute atomic E-state index is 11.9. The second-order valence-electron chi connectivity index (χ2n) is 4.72. The molecule has 8 heteroatoms. The largest absolute Gasteiger partial charge is 0.471 e. The third kappa shape index (κ3) is 9.84. The maximum Gasteiger partial charge on any atom is 0.471 e. The van der Waals surface area contributed by atoms with E-state index in [0.717, 1.165) is 11.3 Å². The van der Waals surface area contributed by atoms with Crippen LogP contribution in [0.3, 0.4) is 0 Å². The highest BCUT2D eigenvalue weighted by Gasteiger charge is 2.38. The van der Waals surface area contributed by atoms with Crippen LogP contribution in [0.2, 0.25) is 0 Å². The van der Waals surface area contributed by atoms with Gasteiger partial charge in [0.2, 0.25) is 0 Å². The first-order valence-corrected chi connectivity index (χ1v) is 8.07. The van der Waals surface area contributed by atoms with Gasteiger partial charge in [-0.1, -0.05) is 36.4 Å². The molecule has 0 aromatic heterocycles. The Kier molecular flexibility index (Phi) is 10.7. The van der Waals surface area contributed by atoms with Crippen LogP contribution in [0.5, 0.6) is 0 Å². The molecule has 0 radical (unpaired) electrons. The highest BCUT2D eigenvalue weighted by atomic mass is 35.5. The van der Waals surface area contributed by atoms with Crippen LogP contribution in [0, 0.1) is 13.8 Å². The molecular weight excluding hydrogens is 376 g/mol. The number of anilines is 2. The Morgan fingerprint density at radius 2 is 1.44 bits per heavy atom. The maximum atomic E-state index is 11.9. The molecule has 0 atom stereocenters. The number of benzene rings is 2. The Morgan fingerprint density at radius 1 is 1.00 bits per heavy atom. The van der Waals surface area contributed by atoms with Crippen LogP contribution in [0.25, 0.3) is 0 Å². The summed E-state index contributed by atoms with van der Waals surface area (Å²) in [5.74, 6) is -1.95. The van der Waals surface area contributed by atoms with Gasteiger partial charge in [-0.3, -0.25) is 4.79 Å². The summed E-state index contributed by atoms with van der Waals surface area (Å²) in [6, 6.07) is 14.1. The second kappa shape index (κ2) is 11.6. The predicted octanol–water partition coefficient (Wildman–Crippen LogP) is 5.49. The van der Waals surface area contributed by atoms with Gasteiger partial charge in [-0.25, -0.2) is 0 Å². The Balaban J connectivity index is 0.000000440. The summed E-state index contributed by atoms with van der Waals surface area (Å²) in [5.41, 5.74) is 8.30. The van der Waals surface area contributed by atoms with Crippen molar-refractivity contribution in [1.29, 1.82) is 0 Å². The predicted molar refractivity (Wildman–Crippen MR) is 98.0 cm³/mol. The average molecular weight is 395 g/mol. The number of aryl methyl sites for hydroxylation is 2. The Hall–Kier alpha value is -1.92. The molecule has 0 unspecified atom stereocenters. The number of nitrogens with one attached hydrogen (secondary N) is 1. The highest BCUT2D eigenvalue weighted by Crippen LogP contribution is 2.20. The quantitative estimate of drug-likeness (QED) is 0.495. The lowest BCUT2D eigenvalue weighted by molar-refractivity contribution is -0.167. The standard InChI is InChI=1S/C9H8F3NO.C7H9N.CH2Cl2/c1-6-4-2-3-5-7(6)13-8(14)9(10,11)12;1-6-4-2-3-5-7(6)8;2-1-3/h2-5H,1H3,(H,13,14);2-5H,8H2,1H3;1H2. The minimum atomic E-state index is -4.84. The molecule has 25 heavy (non-hydrogen) atoms. The van der Waals surface area contributed by atoms with Crippen molar-refractivity contribution in [3.8, 4) is 0 Å². The van der Waals surface area contributed by atoms with Crippen molar-refractivity contribution in [2.45, 2.75) is 20.0 Å². The van der Waals surface area contributed by atoms with E-state index < -0.39 is 12.1 Å². The molecule has 2 aromatic carbocycles. The van der Waals surface area contributed by atoms with Gasteiger partial charge in [0, 0.05) is 11.4 Å². The van der Waals surface area contributed by atoms with E-state index in [1.165, 1.54) is 6.07 Å². The minimum Gasteiger partial charge on any atom is -0.399 e. The third-order valence-corrected chi connectivity index (χ3v) is 2.84. The molecule has 0 aliphatic carbocycles. The summed E-state index contributed by atoms with van der Waals surface area (Å²) in [5, 5.41) is 1.98. The van der Waals surface area contributed by atoms with E-state index in [-0.39, 0.29) is 11.0 Å². The van der Waals surface area contributed by atoms with Gasteiger partial charge in [-0.05, 0) is 37.1 Å². The minimum absolute atomic E-state index is 0.176. The molecule has 2 aromatic rings. The number of nitrogen functional groups attached to an aromatic ring is 1. The lowest BCUT2D eigenvalue weighted by Crippen LogP contribution is -2.30. The SMILES string of the molecule is Cc1ccccc1N.Cc1ccccc1NC(=O)C(F)(F)F.ClCCl. The summed E-state index contributed by atoms with van der Waals surface area (Å²) < 4.78 is 35.6. The van der Waals surface area contributed by atoms with E-state index in [2.05, 4.69) is 0 Å². The molecule has 0 saturated heterocycles. The molecule has 0 fully saturated rings. The lowest BCUT2D eigenvalue weighted by Gasteiger charge is -2.09. The molecule has 3 nitrogen and oxygen atoms in total. The van der Waals surface area contributed by atoms with Crippen molar-refractivity contribution in [3.05, 3.63) is 59.7 Å². The number of amides is 1. The van der Waals surface area contributed by atoms with E-state index in [1.807, 2.05) is 31.2 Å². The van der Waals surface area contributed by atoms with E-state index in [1.54, 1.807) is 30.4 Å². The van der Waals surface area contributed by atoms with Crippen molar-refractivity contribution in [1.82, 2.24) is 0 Å².